The first-order valence-corrected chi connectivity index (χ1v) is 12.0. The van der Waals surface area contributed by atoms with Gasteiger partial charge >= 0.3 is 0 Å². The fraction of sp³-hybridized carbons (Fsp3) is 0.227. The number of hydrogen-bond donors (Lipinski definition) is 0. The lowest BCUT2D eigenvalue weighted by Crippen LogP contribution is -2.41. The van der Waals surface area contributed by atoms with Gasteiger partial charge in [-0.2, -0.15) is 4.31 Å². The van der Waals surface area contributed by atoms with Crippen molar-refractivity contribution < 1.29 is 22.7 Å². The summed E-state index contributed by atoms with van der Waals surface area (Å²) in [6.07, 6.45) is 0. The zero-order valence-electron chi connectivity index (χ0n) is 16.9. The lowest BCUT2D eigenvalue weighted by molar-refractivity contribution is -0.118. The minimum atomic E-state index is -3.78. The van der Waals surface area contributed by atoms with Crippen LogP contribution in [0.5, 0.6) is 11.5 Å². The number of thiophene rings is 1. The van der Waals surface area contributed by atoms with Gasteiger partial charge in [-0.05, 0) is 35.7 Å². The highest BCUT2D eigenvalue weighted by Crippen LogP contribution is 2.35. The number of rotatable bonds is 7. The SMILES string of the molecule is CN(CC(=O)N(Cc1cccs1)c1ccc2c(c1)OCCO2)S(=O)(=O)c1ccccc1. The number of anilines is 1. The fourth-order valence-corrected chi connectivity index (χ4v) is 5.05. The molecule has 162 valence electrons. The van der Waals surface area contributed by atoms with Gasteiger partial charge in [-0.3, -0.25) is 4.79 Å². The Morgan fingerprint density at radius 2 is 1.74 bits per heavy atom. The minimum Gasteiger partial charge on any atom is -0.486 e. The Morgan fingerprint density at radius 3 is 2.45 bits per heavy atom. The molecule has 7 nitrogen and oxygen atoms in total. The van der Waals surface area contributed by atoms with Crippen LogP contribution in [0.4, 0.5) is 5.69 Å². The van der Waals surface area contributed by atoms with Crippen LogP contribution in [-0.2, 0) is 21.4 Å². The Morgan fingerprint density at radius 1 is 1.00 bits per heavy atom. The first-order chi connectivity index (χ1) is 14.9. The van der Waals surface area contributed by atoms with Crippen molar-refractivity contribution in [1.82, 2.24) is 4.31 Å². The molecule has 0 saturated carbocycles. The number of hydrogen-bond acceptors (Lipinski definition) is 6. The third-order valence-corrected chi connectivity index (χ3v) is 7.52. The minimum absolute atomic E-state index is 0.148. The molecule has 2 aromatic carbocycles. The molecule has 1 aliphatic heterocycles. The molecule has 0 bridgehead atoms. The highest BCUT2D eigenvalue weighted by molar-refractivity contribution is 7.89. The van der Waals surface area contributed by atoms with Crippen LogP contribution in [-0.4, -0.2) is 45.4 Å². The number of amides is 1. The normalized spacial score (nSPS) is 13.2. The predicted octanol–water partition coefficient (Wildman–Crippen LogP) is 3.37. The van der Waals surface area contributed by atoms with E-state index in [0.29, 0.717) is 36.9 Å². The number of benzene rings is 2. The van der Waals surface area contributed by atoms with Gasteiger partial charge in [0.2, 0.25) is 15.9 Å². The van der Waals surface area contributed by atoms with Crippen molar-refractivity contribution in [3.05, 3.63) is 70.9 Å². The zero-order chi connectivity index (χ0) is 21.8. The van der Waals surface area contributed by atoms with Gasteiger partial charge in [0.1, 0.15) is 13.2 Å². The lowest BCUT2D eigenvalue weighted by Gasteiger charge is -2.27. The van der Waals surface area contributed by atoms with E-state index in [9.17, 15) is 13.2 Å². The van der Waals surface area contributed by atoms with Crippen molar-refractivity contribution in [1.29, 1.82) is 0 Å². The van der Waals surface area contributed by atoms with Gasteiger partial charge in [-0.25, -0.2) is 8.42 Å². The van der Waals surface area contributed by atoms with Crippen molar-refractivity contribution in [2.75, 3.05) is 31.7 Å². The summed E-state index contributed by atoms with van der Waals surface area (Å²) in [6, 6.07) is 17.2. The number of ether oxygens (including phenoxy) is 2. The maximum atomic E-state index is 13.3. The Balaban J connectivity index is 1.60. The molecule has 0 saturated heterocycles. The number of likely N-dealkylation sites (N-methyl/N-ethyl adjacent to an activating group) is 1. The third-order valence-electron chi connectivity index (χ3n) is 4.84. The molecule has 0 radical (unpaired) electrons. The summed E-state index contributed by atoms with van der Waals surface area (Å²) < 4.78 is 38.0. The number of nitrogens with zero attached hydrogens (tertiary/aromatic N) is 2. The molecule has 3 aromatic rings. The molecule has 0 unspecified atom stereocenters. The summed E-state index contributed by atoms with van der Waals surface area (Å²) >= 11 is 1.53. The summed E-state index contributed by atoms with van der Waals surface area (Å²) in [7, 11) is -2.37. The van der Waals surface area contributed by atoms with Gasteiger partial charge in [0.15, 0.2) is 11.5 Å². The van der Waals surface area contributed by atoms with E-state index in [4.69, 9.17) is 9.47 Å². The smallest absolute Gasteiger partial charge is 0.243 e. The average molecular weight is 459 g/mol. The van der Waals surface area contributed by atoms with Crippen molar-refractivity contribution in [2.45, 2.75) is 11.4 Å². The van der Waals surface area contributed by atoms with E-state index in [2.05, 4.69) is 0 Å². The third kappa shape index (κ3) is 4.73. The van der Waals surface area contributed by atoms with Gasteiger partial charge in [-0.15, -0.1) is 11.3 Å². The van der Waals surface area contributed by atoms with Crippen molar-refractivity contribution in [3.8, 4) is 11.5 Å². The largest absolute Gasteiger partial charge is 0.486 e. The molecular formula is C22H22N2O5S2. The lowest BCUT2D eigenvalue weighted by atomic mass is 10.2. The summed E-state index contributed by atoms with van der Waals surface area (Å²) in [6.45, 7) is 0.951. The van der Waals surface area contributed by atoms with Crippen LogP contribution in [0.2, 0.25) is 0 Å². The van der Waals surface area contributed by atoms with E-state index in [-0.39, 0.29) is 17.3 Å². The van der Waals surface area contributed by atoms with Gasteiger partial charge in [0.25, 0.3) is 0 Å². The Kier molecular flexibility index (Phi) is 6.26. The van der Waals surface area contributed by atoms with Gasteiger partial charge < -0.3 is 14.4 Å². The average Bonchev–Trinajstić information content (AvgIpc) is 3.31. The van der Waals surface area contributed by atoms with E-state index in [0.717, 1.165) is 9.18 Å². The molecule has 4 rings (SSSR count). The summed E-state index contributed by atoms with van der Waals surface area (Å²) in [5.41, 5.74) is 0.619. The molecule has 9 heteroatoms. The van der Waals surface area contributed by atoms with E-state index in [1.807, 2.05) is 17.5 Å². The maximum absolute atomic E-state index is 13.3. The molecule has 31 heavy (non-hydrogen) atoms. The molecule has 1 aromatic heterocycles. The van der Waals surface area contributed by atoms with E-state index in [1.165, 1.54) is 30.5 Å². The second-order valence-electron chi connectivity index (χ2n) is 6.96. The Labute approximate surface area is 185 Å². The van der Waals surface area contributed by atoms with Crippen LogP contribution in [0.1, 0.15) is 4.88 Å². The van der Waals surface area contributed by atoms with Crippen molar-refractivity contribution in [2.24, 2.45) is 0 Å². The number of carbonyl (C=O) groups is 1. The summed E-state index contributed by atoms with van der Waals surface area (Å²) in [4.78, 5) is 16.0. The standard InChI is InChI=1S/C22H22N2O5S2/c1-23(31(26,27)19-7-3-2-4-8-19)16-22(25)24(15-18-6-5-13-30-18)17-9-10-20-21(14-17)29-12-11-28-20/h2-10,13-14H,11-12,15-16H2,1H3. The van der Waals surface area contributed by atoms with Crippen LogP contribution in [0.15, 0.2) is 70.9 Å². The second kappa shape index (κ2) is 9.09. The topological polar surface area (TPSA) is 76.2 Å². The quantitative estimate of drug-likeness (QED) is 0.543. The molecule has 2 heterocycles. The van der Waals surface area contributed by atoms with Gasteiger partial charge in [0.05, 0.1) is 18.0 Å². The molecule has 0 spiro atoms. The molecule has 0 aliphatic carbocycles. The van der Waals surface area contributed by atoms with Crippen LogP contribution < -0.4 is 14.4 Å². The van der Waals surface area contributed by atoms with Gasteiger partial charge in [0, 0.05) is 23.7 Å². The predicted molar refractivity (Wildman–Crippen MR) is 119 cm³/mol. The van der Waals surface area contributed by atoms with Crippen molar-refractivity contribution >= 4 is 33.0 Å². The molecule has 1 amide bonds. The first kappa shape index (κ1) is 21.4. The molecule has 0 atom stereocenters. The number of sulfonamides is 1. The van der Waals surface area contributed by atoms with Gasteiger partial charge in [-0.1, -0.05) is 24.3 Å². The number of carbonyl (C=O) groups excluding carboxylic acids is 1. The number of fused-ring (bicyclic) bond motifs is 1. The molecule has 0 fully saturated rings. The van der Waals surface area contributed by atoms with Crippen LogP contribution in [0.3, 0.4) is 0 Å². The van der Waals surface area contributed by atoms with E-state index in [1.54, 1.807) is 41.3 Å². The summed E-state index contributed by atoms with van der Waals surface area (Å²) in [5, 5.41) is 1.94. The summed E-state index contributed by atoms with van der Waals surface area (Å²) in [5.74, 6) is 0.854. The molecule has 0 N–H and O–H groups in total. The monoisotopic (exact) mass is 458 g/mol. The fourth-order valence-electron chi connectivity index (χ4n) is 3.21. The molecular weight excluding hydrogens is 436 g/mol. The van der Waals surface area contributed by atoms with E-state index < -0.39 is 10.0 Å². The zero-order valence-corrected chi connectivity index (χ0v) is 18.6. The van der Waals surface area contributed by atoms with E-state index >= 15 is 0 Å². The first-order valence-electron chi connectivity index (χ1n) is 9.69. The highest BCUT2D eigenvalue weighted by Gasteiger charge is 2.27. The maximum Gasteiger partial charge on any atom is 0.243 e. The Hall–Kier alpha value is -2.88. The van der Waals surface area contributed by atoms with Crippen LogP contribution >= 0.6 is 11.3 Å². The van der Waals surface area contributed by atoms with Crippen LogP contribution in [0, 0.1) is 0 Å². The van der Waals surface area contributed by atoms with Crippen molar-refractivity contribution in [3.63, 3.8) is 0 Å². The Bertz CT molecular complexity index is 1150. The molecule has 1 aliphatic rings. The second-order valence-corrected chi connectivity index (χ2v) is 10.0. The van der Waals surface area contributed by atoms with Crippen LogP contribution in [0.25, 0.3) is 0 Å². The highest BCUT2D eigenvalue weighted by atomic mass is 32.2.